The van der Waals surface area contributed by atoms with E-state index < -0.39 is 43.1 Å². The molecule has 4 rings (SSSR count). The summed E-state index contributed by atoms with van der Waals surface area (Å²) in [6.45, 7) is -1.69. The molecule has 2 amide bonds. The molecule has 18 heteroatoms. The number of fused-ring (bicyclic) bond motifs is 1. The number of hydrogen-bond donors (Lipinski definition) is 6. The molecule has 1 aliphatic rings. The Kier molecular flexibility index (Phi) is 13.6. The number of nitrogens with two attached hydrogens (primary N) is 1. The van der Waals surface area contributed by atoms with Crippen LogP contribution >= 0.6 is 6.72 Å². The number of aromatic amines is 1. The standard InChI is InChI=1S/C30H45N8O8PS/c1-19(39)32-13-7-5-6-8-14-44-47(42,48)45-16-23-24(36-29(41)22(31)15-20-9-11-21(43-4)12-10-20)26(40)30(46-23)38-18-35-25-27(37(2)3)33-17-34-28(25)38/h9-12,17-18,22-24,26,30,40H,5-8,13-16,31H2,1-4H3,(H3,32,36,39,41,42,48)/p+1. The molecule has 48 heavy (non-hydrogen) atoms. The van der Waals surface area contributed by atoms with Crippen molar-refractivity contribution in [2.24, 2.45) is 5.73 Å². The van der Waals surface area contributed by atoms with E-state index in [0.29, 0.717) is 35.7 Å². The predicted molar refractivity (Wildman–Crippen MR) is 180 cm³/mol. The first kappa shape index (κ1) is 37.5. The Morgan fingerprint density at radius 1 is 1.19 bits per heavy atom. The van der Waals surface area contributed by atoms with Crippen LogP contribution < -0.4 is 30.6 Å². The Balaban J connectivity index is 1.43. The molecule has 16 nitrogen and oxygen atoms in total. The normalized spacial score (nSPS) is 21.1. The van der Waals surface area contributed by atoms with Gasteiger partial charge in [-0.05, 0) is 48.8 Å². The van der Waals surface area contributed by atoms with Gasteiger partial charge in [0.2, 0.25) is 23.6 Å². The van der Waals surface area contributed by atoms with Crippen molar-refractivity contribution in [2.45, 2.75) is 69.5 Å². The molecule has 0 saturated carbocycles. The number of imidazole rings is 1. The number of nitrogens with zero attached hydrogens (tertiary/aromatic N) is 4. The van der Waals surface area contributed by atoms with Gasteiger partial charge in [0.25, 0.3) is 0 Å². The molecule has 0 radical (unpaired) electrons. The van der Waals surface area contributed by atoms with Crippen LogP contribution in [0.15, 0.2) is 36.9 Å². The maximum absolute atomic E-state index is 13.3. The minimum Gasteiger partial charge on any atom is -0.497 e. The maximum Gasteiger partial charge on any atom is 0.324 e. The van der Waals surface area contributed by atoms with Gasteiger partial charge in [0.15, 0.2) is 18.5 Å². The third kappa shape index (κ3) is 10.1. The number of aromatic nitrogens is 4. The Morgan fingerprint density at radius 2 is 1.92 bits per heavy atom. The highest BCUT2D eigenvalue weighted by atomic mass is 32.5. The number of hydrogen-bond acceptors (Lipinski definition) is 12. The van der Waals surface area contributed by atoms with E-state index in [1.54, 1.807) is 30.1 Å². The van der Waals surface area contributed by atoms with E-state index in [-0.39, 0.29) is 25.5 Å². The van der Waals surface area contributed by atoms with Crippen molar-refractivity contribution in [1.29, 1.82) is 0 Å². The average Bonchev–Trinajstić information content (AvgIpc) is 3.61. The number of aliphatic hydroxyl groups is 1. The fourth-order valence-corrected chi connectivity index (χ4v) is 6.50. The third-order valence-corrected chi connectivity index (χ3v) is 9.45. The van der Waals surface area contributed by atoms with Gasteiger partial charge in [-0.15, -0.1) is 0 Å². The Hall–Kier alpha value is -3.28. The second-order valence-electron chi connectivity index (χ2n) is 11.7. The van der Waals surface area contributed by atoms with Crippen LogP contribution in [-0.2, 0) is 41.6 Å². The van der Waals surface area contributed by atoms with Crippen molar-refractivity contribution in [1.82, 2.24) is 25.6 Å². The highest BCUT2D eigenvalue weighted by molar-refractivity contribution is 8.07. The summed E-state index contributed by atoms with van der Waals surface area (Å²) in [5.74, 6) is 0.740. The number of H-pyrrole nitrogens is 1. The van der Waals surface area contributed by atoms with Crippen molar-refractivity contribution in [3.8, 4) is 5.75 Å². The van der Waals surface area contributed by atoms with Gasteiger partial charge in [-0.2, -0.15) is 4.98 Å². The van der Waals surface area contributed by atoms with Gasteiger partial charge in [-0.25, -0.2) is 4.57 Å². The lowest BCUT2D eigenvalue weighted by atomic mass is 10.0. The number of anilines is 1. The van der Waals surface area contributed by atoms with E-state index in [1.807, 2.05) is 31.1 Å². The Morgan fingerprint density at radius 3 is 2.60 bits per heavy atom. The number of rotatable bonds is 18. The van der Waals surface area contributed by atoms with E-state index >= 15 is 0 Å². The first-order chi connectivity index (χ1) is 22.9. The van der Waals surface area contributed by atoms with Crippen LogP contribution in [0.2, 0.25) is 0 Å². The van der Waals surface area contributed by atoms with Gasteiger partial charge in [-0.3, -0.25) is 14.6 Å². The zero-order valence-electron chi connectivity index (χ0n) is 27.6. The van der Waals surface area contributed by atoms with Crippen LogP contribution in [0.25, 0.3) is 11.2 Å². The van der Waals surface area contributed by atoms with Crippen molar-refractivity contribution in [2.75, 3.05) is 45.9 Å². The lowest BCUT2D eigenvalue weighted by Crippen LogP contribution is -2.55. The summed E-state index contributed by atoms with van der Waals surface area (Å²) in [5.41, 5.74) is 8.20. The smallest absolute Gasteiger partial charge is 0.324 e. The molecule has 0 bridgehead atoms. The number of methoxy groups -OCH3 is 1. The zero-order chi connectivity index (χ0) is 34.8. The number of amides is 2. The first-order valence-electron chi connectivity index (χ1n) is 15.7. The van der Waals surface area contributed by atoms with Crippen molar-refractivity contribution in [3.05, 3.63) is 42.5 Å². The number of aliphatic hydroxyl groups excluding tert-OH is 1. The van der Waals surface area contributed by atoms with E-state index in [4.69, 9.17) is 36.1 Å². The molecule has 3 heterocycles. The SMILES string of the molecule is COc1ccc(CC(N)C(=O)NC2C(COP(O)(=S)OCCCCCCNC(C)=O)OC([n+]3c[nH]c4c(N(C)C)ncnc43)C2O)cc1. The minimum absolute atomic E-state index is 0.0628. The second-order valence-corrected chi connectivity index (χ2v) is 14.6. The number of nitrogens with one attached hydrogen (secondary N) is 3. The molecule has 6 atom stereocenters. The highest BCUT2D eigenvalue weighted by Crippen LogP contribution is 2.45. The molecule has 1 aromatic carbocycles. The molecular formula is C30H46N8O8PS+. The van der Waals surface area contributed by atoms with E-state index in [1.165, 1.54) is 13.3 Å². The molecule has 1 saturated heterocycles. The quantitative estimate of drug-likeness (QED) is 0.0608. The average molecular weight is 710 g/mol. The number of ether oxygens (including phenoxy) is 2. The molecule has 0 spiro atoms. The van der Waals surface area contributed by atoms with Crippen molar-refractivity contribution >= 4 is 47.3 Å². The van der Waals surface area contributed by atoms with Crippen LogP contribution in [0.3, 0.4) is 0 Å². The lowest BCUT2D eigenvalue weighted by Gasteiger charge is -2.24. The summed E-state index contributed by atoms with van der Waals surface area (Å²) < 4.78 is 24.2. The summed E-state index contributed by atoms with van der Waals surface area (Å²) in [4.78, 5) is 48.7. The molecule has 6 unspecified atom stereocenters. The molecule has 3 aromatic rings. The largest absolute Gasteiger partial charge is 0.497 e. The van der Waals surface area contributed by atoms with Gasteiger partial charge in [0.1, 0.15) is 18.0 Å². The summed E-state index contributed by atoms with van der Waals surface area (Å²) in [6, 6.07) is 5.28. The molecule has 2 aromatic heterocycles. The van der Waals surface area contributed by atoms with Crippen LogP contribution in [0.1, 0.15) is 44.4 Å². The van der Waals surface area contributed by atoms with Gasteiger partial charge >= 0.3 is 12.4 Å². The van der Waals surface area contributed by atoms with Crippen molar-refractivity contribution in [3.63, 3.8) is 0 Å². The van der Waals surface area contributed by atoms with Gasteiger partial charge < -0.3 is 49.8 Å². The number of benzene rings is 1. The molecular weight excluding hydrogens is 663 g/mol. The number of carbonyl (C=O) groups excluding carboxylic acids is 2. The third-order valence-electron chi connectivity index (χ3n) is 7.83. The number of carbonyl (C=O) groups is 2. The summed E-state index contributed by atoms with van der Waals surface area (Å²) in [6.07, 6.45) is 3.20. The summed E-state index contributed by atoms with van der Waals surface area (Å²) in [5, 5.41) is 17.1. The molecule has 264 valence electrons. The minimum atomic E-state index is -3.68. The molecule has 7 N–H and O–H groups in total. The van der Waals surface area contributed by atoms with Gasteiger partial charge in [0.05, 0.1) is 32.4 Å². The molecule has 1 fully saturated rings. The van der Waals surface area contributed by atoms with Crippen LogP contribution in [-0.4, -0.2) is 102 Å². The second kappa shape index (κ2) is 17.4. The van der Waals surface area contributed by atoms with Crippen LogP contribution in [0.4, 0.5) is 5.82 Å². The Bertz CT molecular complexity index is 1560. The van der Waals surface area contributed by atoms with Crippen LogP contribution in [0, 0.1) is 0 Å². The fraction of sp³-hybridized carbons (Fsp3) is 0.567. The fourth-order valence-electron chi connectivity index (χ4n) is 5.32. The lowest BCUT2D eigenvalue weighted by molar-refractivity contribution is -0.745. The van der Waals surface area contributed by atoms with E-state index in [2.05, 4.69) is 25.6 Å². The topological polar surface area (TPSA) is 210 Å². The summed E-state index contributed by atoms with van der Waals surface area (Å²) in [7, 11) is 5.26. The van der Waals surface area contributed by atoms with Gasteiger partial charge in [0, 0.05) is 27.6 Å². The maximum atomic E-state index is 13.3. The van der Waals surface area contributed by atoms with Gasteiger partial charge in [-0.1, -0.05) is 30.0 Å². The monoisotopic (exact) mass is 709 g/mol. The van der Waals surface area contributed by atoms with Crippen LogP contribution in [0.5, 0.6) is 5.75 Å². The highest BCUT2D eigenvalue weighted by Gasteiger charge is 2.49. The predicted octanol–water partition coefficient (Wildman–Crippen LogP) is 0.580. The first-order valence-corrected chi connectivity index (χ1v) is 18.3. The van der Waals surface area contributed by atoms with Crippen molar-refractivity contribution < 1.29 is 42.7 Å². The van der Waals surface area contributed by atoms with E-state index in [0.717, 1.165) is 24.8 Å². The Labute approximate surface area is 284 Å². The zero-order valence-corrected chi connectivity index (χ0v) is 29.3. The van der Waals surface area contributed by atoms with E-state index in [9.17, 15) is 19.6 Å². The molecule has 0 aliphatic carbocycles. The molecule has 1 aliphatic heterocycles. The summed E-state index contributed by atoms with van der Waals surface area (Å²) >= 11 is 5.23. The number of unbranched alkanes of at least 4 members (excludes halogenated alkanes) is 3.